The zero-order valence-electron chi connectivity index (χ0n) is 6.62. The van der Waals surface area contributed by atoms with Crippen LogP contribution >= 0.6 is 22.6 Å². The van der Waals surface area contributed by atoms with Crippen molar-refractivity contribution in [1.29, 1.82) is 0 Å². The number of hydrogen-bond donors (Lipinski definition) is 0. The molecule has 2 amide bonds. The van der Waals surface area contributed by atoms with E-state index in [-0.39, 0.29) is 11.8 Å². The fourth-order valence-corrected chi connectivity index (χ4v) is 1.38. The zero-order valence-corrected chi connectivity index (χ0v) is 8.78. The Hall–Kier alpha value is -0.390. The van der Waals surface area contributed by atoms with E-state index in [1.54, 1.807) is 0 Å². The van der Waals surface area contributed by atoms with E-state index in [0.29, 0.717) is 25.8 Å². The third kappa shape index (κ3) is 2.30. The minimum absolute atomic E-state index is 0.0410. The van der Waals surface area contributed by atoms with E-state index in [9.17, 15) is 9.59 Å². The van der Waals surface area contributed by atoms with Crippen LogP contribution in [-0.4, -0.2) is 23.3 Å². The highest BCUT2D eigenvalue weighted by Gasteiger charge is 2.24. The van der Waals surface area contributed by atoms with Crippen molar-refractivity contribution in [3.05, 3.63) is 10.2 Å². The van der Waals surface area contributed by atoms with E-state index in [4.69, 9.17) is 0 Å². The summed E-state index contributed by atoms with van der Waals surface area (Å²) in [6.07, 6.45) is 3.55. The molecule has 4 heteroatoms. The highest BCUT2D eigenvalue weighted by Crippen LogP contribution is 2.11. The Kier molecular flexibility index (Phi) is 3.71. The third-order valence-corrected chi connectivity index (χ3v) is 2.27. The minimum atomic E-state index is -0.0410. The first-order chi connectivity index (χ1) is 5.75. The molecule has 1 rings (SSSR count). The van der Waals surface area contributed by atoms with Crippen LogP contribution in [0.2, 0.25) is 0 Å². The fourth-order valence-electron chi connectivity index (χ4n) is 1.15. The van der Waals surface area contributed by atoms with Crippen molar-refractivity contribution in [1.82, 2.24) is 4.90 Å². The molecule has 0 aromatic rings. The third-order valence-electron chi connectivity index (χ3n) is 1.76. The molecular formula is C8H10INO2. The second-order valence-electron chi connectivity index (χ2n) is 2.61. The number of nitrogens with zero attached hydrogens (tertiary/aromatic N) is 1. The number of piperidine rings is 1. The van der Waals surface area contributed by atoms with Gasteiger partial charge >= 0.3 is 0 Å². The number of halogens is 1. The molecule has 0 radical (unpaired) electrons. The molecule has 0 saturated carbocycles. The predicted molar refractivity (Wildman–Crippen MR) is 53.7 cm³/mol. The lowest BCUT2D eigenvalue weighted by Crippen LogP contribution is -2.39. The van der Waals surface area contributed by atoms with Gasteiger partial charge < -0.3 is 0 Å². The monoisotopic (exact) mass is 279 g/mol. The maximum atomic E-state index is 11.2. The van der Waals surface area contributed by atoms with Gasteiger partial charge in [-0.15, -0.1) is 0 Å². The zero-order chi connectivity index (χ0) is 8.97. The van der Waals surface area contributed by atoms with E-state index in [0.717, 1.165) is 0 Å². The van der Waals surface area contributed by atoms with Crippen LogP contribution in [0.1, 0.15) is 19.3 Å². The molecule has 3 nitrogen and oxygen atoms in total. The molecule has 0 N–H and O–H groups in total. The molecule has 0 bridgehead atoms. The molecule has 1 fully saturated rings. The van der Waals surface area contributed by atoms with Crippen molar-refractivity contribution >= 4 is 34.4 Å². The molecule has 66 valence electrons. The average molecular weight is 279 g/mol. The first-order valence-corrected chi connectivity index (χ1v) is 5.08. The molecule has 0 aromatic carbocycles. The molecule has 1 aliphatic heterocycles. The van der Waals surface area contributed by atoms with Crippen LogP contribution in [0.25, 0.3) is 0 Å². The van der Waals surface area contributed by atoms with Crippen molar-refractivity contribution in [2.75, 3.05) is 6.54 Å². The van der Waals surface area contributed by atoms with Gasteiger partial charge in [-0.1, -0.05) is 28.7 Å². The van der Waals surface area contributed by atoms with Gasteiger partial charge in [-0.25, -0.2) is 0 Å². The summed E-state index contributed by atoms with van der Waals surface area (Å²) in [6, 6.07) is 0. The van der Waals surface area contributed by atoms with E-state index in [1.807, 2.05) is 10.2 Å². The number of likely N-dealkylation sites (tertiary alicyclic amines) is 1. The summed E-state index contributed by atoms with van der Waals surface area (Å²) in [5, 5.41) is 0. The van der Waals surface area contributed by atoms with Crippen LogP contribution in [0.3, 0.4) is 0 Å². The normalized spacial score (nSPS) is 19.2. The average Bonchev–Trinajstić information content (AvgIpc) is 2.04. The summed E-state index contributed by atoms with van der Waals surface area (Å²) in [5.41, 5.74) is 0. The maximum absolute atomic E-state index is 11.2. The smallest absolute Gasteiger partial charge is 0.229 e. The van der Waals surface area contributed by atoms with Gasteiger partial charge in [0.25, 0.3) is 0 Å². The fraction of sp³-hybridized carbons (Fsp3) is 0.500. The standard InChI is InChI=1S/C8H10INO2/c9-5-2-6-10-7(11)3-1-4-8(10)12/h2,5H,1,3-4,6H2/b5-2-. The molecule has 0 aromatic heterocycles. The van der Waals surface area contributed by atoms with Crippen LogP contribution < -0.4 is 0 Å². The number of hydrogen-bond acceptors (Lipinski definition) is 2. The Bertz CT molecular complexity index is 209. The van der Waals surface area contributed by atoms with Gasteiger partial charge in [0.1, 0.15) is 0 Å². The van der Waals surface area contributed by atoms with Crippen LogP contribution in [-0.2, 0) is 9.59 Å². The van der Waals surface area contributed by atoms with Crippen molar-refractivity contribution in [2.45, 2.75) is 19.3 Å². The molecule has 1 aliphatic rings. The van der Waals surface area contributed by atoms with Gasteiger partial charge in [0.15, 0.2) is 0 Å². The second kappa shape index (κ2) is 4.59. The maximum Gasteiger partial charge on any atom is 0.229 e. The second-order valence-corrected chi connectivity index (χ2v) is 3.33. The molecular weight excluding hydrogens is 269 g/mol. The van der Waals surface area contributed by atoms with Crippen molar-refractivity contribution in [3.63, 3.8) is 0 Å². The molecule has 1 heterocycles. The summed E-state index contributed by atoms with van der Waals surface area (Å²) in [7, 11) is 0. The molecule has 0 aliphatic carbocycles. The summed E-state index contributed by atoms with van der Waals surface area (Å²) < 4.78 is 1.81. The van der Waals surface area contributed by atoms with Gasteiger partial charge in [-0.05, 0) is 10.5 Å². The number of carbonyl (C=O) groups excluding carboxylic acids is 2. The SMILES string of the molecule is O=C1CCCC(=O)N1C/C=C\I. The summed E-state index contributed by atoms with van der Waals surface area (Å²) in [6.45, 7) is 0.431. The number of imide groups is 1. The lowest BCUT2D eigenvalue weighted by Gasteiger charge is -2.23. The minimum Gasteiger partial charge on any atom is -0.279 e. The van der Waals surface area contributed by atoms with Gasteiger partial charge in [0.2, 0.25) is 11.8 Å². The first kappa shape index (κ1) is 9.70. The summed E-state index contributed by atoms with van der Waals surface area (Å²) >= 11 is 2.07. The Morgan fingerprint density at radius 2 is 1.92 bits per heavy atom. The molecule has 0 atom stereocenters. The molecule has 12 heavy (non-hydrogen) atoms. The van der Waals surface area contributed by atoms with E-state index >= 15 is 0 Å². The number of rotatable bonds is 2. The molecule has 0 unspecified atom stereocenters. The van der Waals surface area contributed by atoms with Gasteiger partial charge in [-0.2, -0.15) is 0 Å². The predicted octanol–water partition coefficient (Wildman–Crippen LogP) is 1.47. The summed E-state index contributed by atoms with van der Waals surface area (Å²) in [4.78, 5) is 23.7. The van der Waals surface area contributed by atoms with Crippen LogP contribution in [0.4, 0.5) is 0 Å². The van der Waals surface area contributed by atoms with Gasteiger partial charge in [-0.3, -0.25) is 14.5 Å². The quantitative estimate of drug-likeness (QED) is 0.567. The Morgan fingerprint density at radius 1 is 1.33 bits per heavy atom. The summed E-state index contributed by atoms with van der Waals surface area (Å²) in [5.74, 6) is -0.0819. The van der Waals surface area contributed by atoms with Crippen molar-refractivity contribution in [2.24, 2.45) is 0 Å². The van der Waals surface area contributed by atoms with Crippen molar-refractivity contribution in [3.8, 4) is 0 Å². The van der Waals surface area contributed by atoms with E-state index in [1.165, 1.54) is 4.90 Å². The van der Waals surface area contributed by atoms with Crippen molar-refractivity contribution < 1.29 is 9.59 Å². The Labute approximate surface area is 84.9 Å². The van der Waals surface area contributed by atoms with E-state index < -0.39 is 0 Å². The first-order valence-electron chi connectivity index (χ1n) is 3.84. The van der Waals surface area contributed by atoms with Crippen LogP contribution in [0.5, 0.6) is 0 Å². The number of carbonyl (C=O) groups is 2. The Morgan fingerprint density at radius 3 is 2.42 bits per heavy atom. The molecule has 0 spiro atoms. The lowest BCUT2D eigenvalue weighted by molar-refractivity contribution is -0.147. The van der Waals surface area contributed by atoms with Gasteiger partial charge in [0.05, 0.1) is 0 Å². The van der Waals surface area contributed by atoms with Crippen LogP contribution in [0.15, 0.2) is 10.2 Å². The largest absolute Gasteiger partial charge is 0.279 e. The Balaban J connectivity index is 2.57. The molecule has 1 saturated heterocycles. The topological polar surface area (TPSA) is 37.4 Å². The number of amides is 2. The van der Waals surface area contributed by atoms with E-state index in [2.05, 4.69) is 22.6 Å². The highest BCUT2D eigenvalue weighted by molar-refractivity contribution is 14.1. The highest BCUT2D eigenvalue weighted by atomic mass is 127. The lowest BCUT2D eigenvalue weighted by atomic mass is 10.1. The van der Waals surface area contributed by atoms with Crippen LogP contribution in [0, 0.1) is 0 Å². The van der Waals surface area contributed by atoms with Gasteiger partial charge in [0, 0.05) is 19.4 Å².